The number of hydrogen-bond donors (Lipinski definition) is 0. The van der Waals surface area contributed by atoms with Crippen LogP contribution in [0.2, 0.25) is 0 Å². The van der Waals surface area contributed by atoms with Crippen molar-refractivity contribution in [3.05, 3.63) is 64.2 Å². The van der Waals surface area contributed by atoms with Crippen LogP contribution in [0.1, 0.15) is 27.7 Å². The predicted octanol–water partition coefficient (Wildman–Crippen LogP) is 3.98. The van der Waals surface area contributed by atoms with E-state index in [0.29, 0.717) is 13.2 Å². The summed E-state index contributed by atoms with van der Waals surface area (Å²) in [7, 11) is 0. The number of aromatic nitrogens is 4. The van der Waals surface area contributed by atoms with E-state index in [1.54, 1.807) is 0 Å². The Morgan fingerprint density at radius 3 is 2.92 bits per heavy atom. The molecule has 0 saturated heterocycles. The first-order valence-corrected chi connectivity index (χ1v) is 9.18. The van der Waals surface area contributed by atoms with Gasteiger partial charge in [0.15, 0.2) is 5.82 Å². The van der Waals surface area contributed by atoms with Gasteiger partial charge in [-0.2, -0.15) is 0 Å². The van der Waals surface area contributed by atoms with Crippen LogP contribution < -0.4 is 0 Å². The minimum absolute atomic E-state index is 0.507. The third-order valence-corrected chi connectivity index (χ3v) is 6.05. The third kappa shape index (κ3) is 2.25. The molecule has 0 amide bonds. The average molecular weight is 350 g/mol. The molecule has 25 heavy (non-hydrogen) atoms. The summed E-state index contributed by atoms with van der Waals surface area (Å²) in [5.74, 6) is 1.80. The monoisotopic (exact) mass is 350 g/mol. The van der Waals surface area contributed by atoms with E-state index in [-0.39, 0.29) is 0 Å². The van der Waals surface area contributed by atoms with Gasteiger partial charge >= 0.3 is 0 Å². The number of rotatable bonds is 2. The molecule has 0 unspecified atom stereocenters. The van der Waals surface area contributed by atoms with E-state index in [2.05, 4.69) is 62.8 Å². The molecule has 1 aliphatic rings. The first kappa shape index (κ1) is 14.9. The molecule has 3 aromatic heterocycles. The number of thiophene rings is 1. The Bertz CT molecular complexity index is 1090. The van der Waals surface area contributed by atoms with Crippen molar-refractivity contribution in [2.45, 2.75) is 33.6 Å². The number of aryl methyl sites for hydroxylation is 2. The summed E-state index contributed by atoms with van der Waals surface area (Å²) in [6.45, 7) is 6.18. The quantitative estimate of drug-likeness (QED) is 0.549. The minimum Gasteiger partial charge on any atom is -0.369 e. The van der Waals surface area contributed by atoms with Gasteiger partial charge in [-0.15, -0.1) is 21.5 Å². The van der Waals surface area contributed by atoms with Crippen molar-refractivity contribution in [2.24, 2.45) is 0 Å². The zero-order chi connectivity index (χ0) is 17.0. The molecule has 5 rings (SSSR count). The van der Waals surface area contributed by atoms with Crippen molar-refractivity contribution in [3.8, 4) is 5.00 Å². The summed E-state index contributed by atoms with van der Waals surface area (Å²) in [5.41, 5.74) is 3.88. The zero-order valence-electron chi connectivity index (χ0n) is 14.2. The lowest BCUT2D eigenvalue weighted by Gasteiger charge is -2.09. The van der Waals surface area contributed by atoms with Crippen molar-refractivity contribution >= 4 is 22.2 Å². The van der Waals surface area contributed by atoms with Gasteiger partial charge in [0, 0.05) is 28.7 Å². The number of fused-ring (bicyclic) bond motifs is 4. The molecule has 0 N–H and O–H groups in total. The Balaban J connectivity index is 1.65. The van der Waals surface area contributed by atoms with Crippen LogP contribution in [0.25, 0.3) is 15.9 Å². The Kier molecular flexibility index (Phi) is 3.29. The Morgan fingerprint density at radius 2 is 2.00 bits per heavy atom. The molecule has 0 radical (unpaired) electrons. The second kappa shape index (κ2) is 5.54. The van der Waals surface area contributed by atoms with Crippen LogP contribution in [0.3, 0.4) is 0 Å². The maximum absolute atomic E-state index is 5.90. The first-order valence-electron chi connectivity index (χ1n) is 8.36. The van der Waals surface area contributed by atoms with Gasteiger partial charge in [0.1, 0.15) is 17.4 Å². The van der Waals surface area contributed by atoms with Gasteiger partial charge in [-0.1, -0.05) is 18.2 Å². The molecule has 1 aromatic carbocycles. The van der Waals surface area contributed by atoms with E-state index in [4.69, 9.17) is 4.74 Å². The number of hydrogen-bond acceptors (Lipinski definition) is 4. The molecule has 6 heteroatoms. The topological polar surface area (TPSA) is 44.9 Å². The van der Waals surface area contributed by atoms with Crippen LogP contribution in [0.4, 0.5) is 0 Å². The second-order valence-corrected chi connectivity index (χ2v) is 7.62. The summed E-state index contributed by atoms with van der Waals surface area (Å²) >= 11 is 1.81. The Labute approximate surface area is 149 Å². The Hall–Kier alpha value is -2.44. The molecule has 0 saturated carbocycles. The molecule has 0 atom stereocenters. The number of nitrogens with zero attached hydrogens (tertiary/aromatic N) is 4. The van der Waals surface area contributed by atoms with Gasteiger partial charge in [-0.25, -0.2) is 0 Å². The minimum atomic E-state index is 0.507. The van der Waals surface area contributed by atoms with E-state index in [0.717, 1.165) is 18.2 Å². The summed E-state index contributed by atoms with van der Waals surface area (Å²) < 4.78 is 10.4. The fraction of sp³-hybridized carbons (Fsp3) is 0.263. The lowest BCUT2D eigenvalue weighted by atomic mass is 10.1. The molecule has 0 spiro atoms. The van der Waals surface area contributed by atoms with E-state index >= 15 is 0 Å². The van der Waals surface area contributed by atoms with E-state index in [9.17, 15) is 0 Å². The highest BCUT2D eigenvalue weighted by atomic mass is 32.1. The maximum Gasteiger partial charge on any atom is 0.164 e. The van der Waals surface area contributed by atoms with Gasteiger partial charge < -0.3 is 9.30 Å². The fourth-order valence-corrected chi connectivity index (χ4v) is 4.84. The lowest BCUT2D eigenvalue weighted by Crippen LogP contribution is -2.03. The molecule has 0 bridgehead atoms. The van der Waals surface area contributed by atoms with Crippen molar-refractivity contribution in [1.82, 2.24) is 19.3 Å². The number of benzene rings is 1. The molecule has 0 aliphatic carbocycles. The predicted molar refractivity (Wildman–Crippen MR) is 98.2 cm³/mol. The van der Waals surface area contributed by atoms with Gasteiger partial charge in [0.05, 0.1) is 6.61 Å². The lowest BCUT2D eigenvalue weighted by molar-refractivity contribution is 0.104. The number of ether oxygens (including phenoxy) is 1. The normalized spacial score (nSPS) is 13.7. The second-order valence-electron chi connectivity index (χ2n) is 6.41. The van der Waals surface area contributed by atoms with E-state index in [1.807, 2.05) is 18.3 Å². The fourth-order valence-electron chi connectivity index (χ4n) is 3.60. The highest BCUT2D eigenvalue weighted by molar-refractivity contribution is 7.14. The molecular weight excluding hydrogens is 332 g/mol. The zero-order valence-corrected chi connectivity index (χ0v) is 15.0. The Morgan fingerprint density at radius 1 is 1.12 bits per heavy atom. The van der Waals surface area contributed by atoms with Gasteiger partial charge in [0.25, 0.3) is 0 Å². The first-order chi connectivity index (χ1) is 12.2. The molecule has 1 aliphatic heterocycles. The van der Waals surface area contributed by atoms with Crippen LogP contribution in [-0.4, -0.2) is 19.3 Å². The maximum atomic E-state index is 5.90. The largest absolute Gasteiger partial charge is 0.369 e. The van der Waals surface area contributed by atoms with Crippen molar-refractivity contribution in [2.75, 3.05) is 0 Å². The highest BCUT2D eigenvalue weighted by Crippen LogP contribution is 2.36. The van der Waals surface area contributed by atoms with E-state index in [1.165, 1.54) is 31.9 Å². The molecule has 0 fully saturated rings. The van der Waals surface area contributed by atoms with Crippen LogP contribution in [0.5, 0.6) is 0 Å². The van der Waals surface area contributed by atoms with E-state index < -0.39 is 0 Å². The standard InChI is InChI=1S/C19H18N4OS/c1-12-15(9-22-8-7-14-5-3-4-6-17(14)22)16-10-24-11-18-21-20-13(2)23(18)19(16)25-12/h3-8H,9-11H2,1-2H3. The number of para-hydroxylation sites is 1. The molecule has 4 heterocycles. The summed E-state index contributed by atoms with van der Waals surface area (Å²) in [5, 5.41) is 11.0. The van der Waals surface area contributed by atoms with Crippen LogP contribution in [0.15, 0.2) is 36.5 Å². The van der Waals surface area contributed by atoms with Crippen LogP contribution >= 0.6 is 11.3 Å². The summed E-state index contributed by atoms with van der Waals surface area (Å²) in [6, 6.07) is 10.7. The SMILES string of the molecule is Cc1sc2c(c1Cn1ccc3ccccc31)COCc1nnc(C)n1-2. The summed E-state index contributed by atoms with van der Waals surface area (Å²) in [6.07, 6.45) is 2.17. The van der Waals surface area contributed by atoms with Crippen LogP contribution in [-0.2, 0) is 24.5 Å². The summed E-state index contributed by atoms with van der Waals surface area (Å²) in [4.78, 5) is 1.33. The van der Waals surface area contributed by atoms with Gasteiger partial charge in [-0.05, 0) is 36.9 Å². The van der Waals surface area contributed by atoms with Gasteiger partial charge in [0.2, 0.25) is 0 Å². The third-order valence-electron chi connectivity index (χ3n) is 4.88. The van der Waals surface area contributed by atoms with Crippen molar-refractivity contribution in [3.63, 3.8) is 0 Å². The molecule has 4 aromatic rings. The highest BCUT2D eigenvalue weighted by Gasteiger charge is 2.24. The van der Waals surface area contributed by atoms with Crippen molar-refractivity contribution < 1.29 is 4.74 Å². The molecule has 126 valence electrons. The van der Waals surface area contributed by atoms with Crippen LogP contribution in [0, 0.1) is 13.8 Å². The van der Waals surface area contributed by atoms with Crippen molar-refractivity contribution in [1.29, 1.82) is 0 Å². The average Bonchev–Trinajstić information content (AvgIpc) is 3.23. The molecular formula is C19H18N4OS. The van der Waals surface area contributed by atoms with Gasteiger partial charge in [-0.3, -0.25) is 4.57 Å². The smallest absolute Gasteiger partial charge is 0.164 e. The molecule has 5 nitrogen and oxygen atoms in total.